The van der Waals surface area contributed by atoms with Crippen molar-refractivity contribution in [1.82, 2.24) is 9.97 Å². The zero-order chi connectivity index (χ0) is 22.2. The molecule has 0 bridgehead atoms. The monoisotopic (exact) mass is 424 g/mol. The number of anilines is 2. The van der Waals surface area contributed by atoms with E-state index in [1.165, 1.54) is 0 Å². The van der Waals surface area contributed by atoms with Crippen LogP contribution in [0.3, 0.4) is 0 Å². The number of nitrogens with zero attached hydrogens (tertiary/aromatic N) is 3. The average Bonchev–Trinajstić information content (AvgIpc) is 2.85. The van der Waals surface area contributed by atoms with Gasteiger partial charge in [0.25, 0.3) is 0 Å². The van der Waals surface area contributed by atoms with Crippen molar-refractivity contribution in [2.45, 2.75) is 13.0 Å². The van der Waals surface area contributed by atoms with Crippen molar-refractivity contribution in [2.24, 2.45) is 0 Å². The fourth-order valence-electron chi connectivity index (χ4n) is 3.44. The van der Waals surface area contributed by atoms with Gasteiger partial charge in [-0.3, -0.25) is 9.78 Å². The number of amides is 1. The number of carbonyl (C=O) groups is 1. The second-order valence-corrected chi connectivity index (χ2v) is 7.37. The lowest BCUT2D eigenvalue weighted by Crippen LogP contribution is -2.23. The van der Waals surface area contributed by atoms with E-state index < -0.39 is 0 Å². The van der Waals surface area contributed by atoms with Gasteiger partial charge >= 0.3 is 0 Å². The van der Waals surface area contributed by atoms with Gasteiger partial charge in [0.1, 0.15) is 5.75 Å². The molecule has 6 heteroatoms. The minimum Gasteiger partial charge on any atom is -0.508 e. The first-order chi connectivity index (χ1) is 15.7. The third kappa shape index (κ3) is 5.29. The van der Waals surface area contributed by atoms with E-state index in [0.29, 0.717) is 24.6 Å². The Morgan fingerprint density at radius 1 is 0.906 bits per heavy atom. The molecule has 160 valence electrons. The number of aromatic hydroxyl groups is 1. The standard InChI is InChI=1S/C26H24N4O2/c31-19-30(18-21-5-4-15-27-17-21)25-13-12-24(22-6-2-1-3-7-22)29-26(25)28-16-14-20-8-10-23(32)11-9-20/h1-13,15,17,19,32H,14,16,18H2,(H,28,29). The minimum absolute atomic E-state index is 0.248. The van der Waals surface area contributed by atoms with Crippen LogP contribution in [0.15, 0.2) is 91.3 Å². The topological polar surface area (TPSA) is 78.4 Å². The van der Waals surface area contributed by atoms with Gasteiger partial charge in [0.05, 0.1) is 17.9 Å². The lowest BCUT2D eigenvalue weighted by molar-refractivity contribution is -0.107. The summed E-state index contributed by atoms with van der Waals surface area (Å²) in [6.07, 6.45) is 5.03. The number of carbonyl (C=O) groups excluding carboxylic acids is 1. The summed E-state index contributed by atoms with van der Waals surface area (Å²) >= 11 is 0. The summed E-state index contributed by atoms with van der Waals surface area (Å²) in [7, 11) is 0. The molecule has 0 aliphatic heterocycles. The second kappa shape index (κ2) is 10.2. The molecule has 4 rings (SSSR count). The van der Waals surface area contributed by atoms with Crippen LogP contribution in [0.1, 0.15) is 11.1 Å². The summed E-state index contributed by atoms with van der Waals surface area (Å²) in [4.78, 5) is 22.6. The molecule has 0 saturated heterocycles. The lowest BCUT2D eigenvalue weighted by atomic mass is 10.1. The third-order valence-electron chi connectivity index (χ3n) is 5.10. The molecule has 0 unspecified atom stereocenters. The van der Waals surface area contributed by atoms with Gasteiger partial charge in [-0.1, -0.05) is 48.5 Å². The molecule has 0 saturated carbocycles. The van der Waals surface area contributed by atoms with Crippen LogP contribution >= 0.6 is 0 Å². The summed E-state index contributed by atoms with van der Waals surface area (Å²) in [5.41, 5.74) is 4.56. The van der Waals surface area contributed by atoms with Gasteiger partial charge < -0.3 is 15.3 Å². The smallest absolute Gasteiger partial charge is 0.214 e. The number of phenols is 1. The number of rotatable bonds is 9. The van der Waals surface area contributed by atoms with Gasteiger partial charge in [-0.2, -0.15) is 0 Å². The fourth-order valence-corrected chi connectivity index (χ4v) is 3.44. The Hall–Kier alpha value is -4.19. The lowest BCUT2D eigenvalue weighted by Gasteiger charge is -2.21. The summed E-state index contributed by atoms with van der Waals surface area (Å²) in [6.45, 7) is 1.03. The average molecular weight is 425 g/mol. The van der Waals surface area contributed by atoms with E-state index in [1.54, 1.807) is 29.4 Å². The van der Waals surface area contributed by atoms with Gasteiger partial charge in [0, 0.05) is 24.5 Å². The number of nitrogens with one attached hydrogen (secondary N) is 1. The maximum atomic E-state index is 12.0. The zero-order valence-electron chi connectivity index (χ0n) is 17.6. The van der Waals surface area contributed by atoms with E-state index in [2.05, 4.69) is 10.3 Å². The molecule has 2 heterocycles. The van der Waals surface area contributed by atoms with E-state index in [4.69, 9.17) is 4.98 Å². The Labute approximate surface area is 187 Å². The van der Waals surface area contributed by atoms with Crippen LogP contribution in [0.25, 0.3) is 11.3 Å². The molecule has 4 aromatic rings. The molecule has 0 aliphatic carbocycles. The summed E-state index contributed by atoms with van der Waals surface area (Å²) < 4.78 is 0. The molecule has 6 nitrogen and oxygen atoms in total. The number of pyridine rings is 2. The predicted molar refractivity (Wildman–Crippen MR) is 126 cm³/mol. The van der Waals surface area contributed by atoms with Crippen LogP contribution in [0.4, 0.5) is 11.5 Å². The molecule has 0 atom stereocenters. The molecular weight excluding hydrogens is 400 g/mol. The third-order valence-corrected chi connectivity index (χ3v) is 5.10. The Balaban J connectivity index is 1.60. The Morgan fingerprint density at radius 2 is 1.72 bits per heavy atom. The van der Waals surface area contributed by atoms with Crippen LogP contribution in [0.5, 0.6) is 5.75 Å². The van der Waals surface area contributed by atoms with Gasteiger partial charge in [-0.05, 0) is 47.9 Å². The van der Waals surface area contributed by atoms with E-state index in [0.717, 1.165) is 35.2 Å². The van der Waals surface area contributed by atoms with Gasteiger partial charge in [0.15, 0.2) is 5.82 Å². The van der Waals surface area contributed by atoms with E-state index in [-0.39, 0.29) is 5.75 Å². The van der Waals surface area contributed by atoms with Crippen molar-refractivity contribution in [3.8, 4) is 17.0 Å². The largest absolute Gasteiger partial charge is 0.508 e. The molecule has 2 N–H and O–H groups in total. The van der Waals surface area contributed by atoms with Crippen LogP contribution in [0.2, 0.25) is 0 Å². The van der Waals surface area contributed by atoms with Gasteiger partial charge in [0.2, 0.25) is 6.41 Å². The van der Waals surface area contributed by atoms with Gasteiger partial charge in [-0.15, -0.1) is 0 Å². The molecule has 0 radical (unpaired) electrons. The molecule has 1 amide bonds. The quantitative estimate of drug-likeness (QED) is 0.382. The predicted octanol–water partition coefficient (Wildman–Crippen LogP) is 4.67. The minimum atomic E-state index is 0.248. The van der Waals surface area contributed by atoms with Crippen molar-refractivity contribution < 1.29 is 9.90 Å². The number of benzene rings is 2. The zero-order valence-corrected chi connectivity index (χ0v) is 17.6. The van der Waals surface area contributed by atoms with Crippen LogP contribution in [-0.2, 0) is 17.8 Å². The Morgan fingerprint density at radius 3 is 2.44 bits per heavy atom. The second-order valence-electron chi connectivity index (χ2n) is 7.37. The maximum absolute atomic E-state index is 12.0. The first-order valence-electron chi connectivity index (χ1n) is 10.4. The highest BCUT2D eigenvalue weighted by Crippen LogP contribution is 2.29. The molecule has 2 aromatic heterocycles. The number of hydrogen-bond donors (Lipinski definition) is 2. The fraction of sp³-hybridized carbons (Fsp3) is 0.115. The normalized spacial score (nSPS) is 10.5. The Bertz CT molecular complexity index is 1150. The molecule has 0 aliphatic rings. The van der Waals surface area contributed by atoms with Crippen LogP contribution < -0.4 is 10.2 Å². The van der Waals surface area contributed by atoms with Crippen molar-refractivity contribution >= 4 is 17.9 Å². The van der Waals surface area contributed by atoms with E-state index >= 15 is 0 Å². The van der Waals surface area contributed by atoms with Crippen LogP contribution in [-0.4, -0.2) is 28.0 Å². The highest BCUT2D eigenvalue weighted by atomic mass is 16.3. The van der Waals surface area contributed by atoms with E-state index in [1.807, 2.05) is 66.7 Å². The molecule has 0 spiro atoms. The van der Waals surface area contributed by atoms with Crippen molar-refractivity contribution in [3.63, 3.8) is 0 Å². The molecule has 0 fully saturated rings. The summed E-state index contributed by atoms with van der Waals surface area (Å²) in [6, 6.07) is 24.7. The highest BCUT2D eigenvalue weighted by molar-refractivity contribution is 5.83. The summed E-state index contributed by atoms with van der Waals surface area (Å²) in [5, 5.41) is 12.9. The molecule has 2 aromatic carbocycles. The van der Waals surface area contributed by atoms with E-state index in [9.17, 15) is 9.90 Å². The first-order valence-corrected chi connectivity index (χ1v) is 10.4. The Kier molecular flexibility index (Phi) is 6.72. The highest BCUT2D eigenvalue weighted by Gasteiger charge is 2.14. The van der Waals surface area contributed by atoms with Crippen molar-refractivity contribution in [1.29, 1.82) is 0 Å². The SMILES string of the molecule is O=CN(Cc1cccnc1)c1ccc(-c2ccccc2)nc1NCCc1ccc(O)cc1. The molecule has 32 heavy (non-hydrogen) atoms. The first kappa shape index (κ1) is 21.1. The van der Waals surface area contributed by atoms with Crippen molar-refractivity contribution in [3.05, 3.63) is 102 Å². The van der Waals surface area contributed by atoms with Gasteiger partial charge in [-0.25, -0.2) is 4.98 Å². The summed E-state index contributed by atoms with van der Waals surface area (Å²) in [5.74, 6) is 0.888. The molecular formula is C26H24N4O2. The number of hydrogen-bond acceptors (Lipinski definition) is 5. The van der Waals surface area contributed by atoms with Crippen molar-refractivity contribution in [2.75, 3.05) is 16.8 Å². The number of phenolic OH excluding ortho intramolecular Hbond substituents is 1. The van der Waals surface area contributed by atoms with Crippen LogP contribution in [0, 0.1) is 0 Å². The number of aromatic nitrogens is 2. The maximum Gasteiger partial charge on any atom is 0.214 e.